The summed E-state index contributed by atoms with van der Waals surface area (Å²) in [5, 5.41) is 11.3. The third-order valence-electron chi connectivity index (χ3n) is 21.9. The van der Waals surface area contributed by atoms with E-state index in [0.29, 0.717) is 0 Å². The SMILES string of the molecule is CCCCCCCCCCCCCN(CCCCCCCCCCCCC)CCCNc1nc(NCCCN(CCCCCCCCCCCCC)CCCCCCCCCCCCC)nc(NCCCN(CCCCCCCCCCCCC)CCCCCCCCCCCCC)n1. The molecule has 0 radical (unpaired) electrons. The molecule has 0 aliphatic heterocycles. The molecule has 0 saturated heterocycles. The topological polar surface area (TPSA) is 84.5 Å². The first-order valence-corrected chi connectivity index (χ1v) is 46.2. The van der Waals surface area contributed by atoms with Crippen LogP contribution >= 0.6 is 0 Å². The van der Waals surface area contributed by atoms with E-state index in [-0.39, 0.29) is 0 Å². The lowest BCUT2D eigenvalue weighted by atomic mass is 10.1. The van der Waals surface area contributed by atoms with E-state index in [2.05, 4.69) is 72.2 Å². The lowest BCUT2D eigenvalue weighted by molar-refractivity contribution is 0.259. The zero-order chi connectivity index (χ0) is 71.0. The average Bonchev–Trinajstić information content (AvgIpc) is 0.951. The number of unbranched alkanes of at least 4 members (excludes halogenated alkanes) is 60. The molecule has 0 unspecified atom stereocenters. The van der Waals surface area contributed by atoms with E-state index in [0.717, 1.165) is 76.4 Å². The Hall–Kier alpha value is -1.71. The maximum atomic E-state index is 5.10. The molecule has 0 aromatic carbocycles. The minimum atomic E-state index is 0.724. The van der Waals surface area contributed by atoms with Crippen molar-refractivity contribution in [3.05, 3.63) is 0 Å². The second-order valence-electron chi connectivity index (χ2n) is 31.9. The Morgan fingerprint density at radius 1 is 0.152 bits per heavy atom. The number of hydrogen-bond donors (Lipinski definition) is 3. The van der Waals surface area contributed by atoms with Gasteiger partial charge in [0.25, 0.3) is 0 Å². The molecular formula is C90H183N9. The number of hydrogen-bond acceptors (Lipinski definition) is 9. The van der Waals surface area contributed by atoms with Crippen molar-refractivity contribution in [1.29, 1.82) is 0 Å². The lowest BCUT2D eigenvalue weighted by Crippen LogP contribution is -2.29. The molecule has 1 aromatic heterocycles. The van der Waals surface area contributed by atoms with Crippen molar-refractivity contribution in [3.8, 4) is 0 Å². The van der Waals surface area contributed by atoms with Gasteiger partial charge < -0.3 is 30.7 Å². The van der Waals surface area contributed by atoms with Crippen LogP contribution in [-0.4, -0.2) is 108 Å². The fourth-order valence-electron chi connectivity index (χ4n) is 15.1. The highest BCUT2D eigenvalue weighted by molar-refractivity contribution is 5.42. The van der Waals surface area contributed by atoms with Crippen molar-refractivity contribution >= 4 is 17.8 Å². The molecule has 0 aliphatic carbocycles. The summed E-state index contributed by atoms with van der Waals surface area (Å²) in [5.74, 6) is 2.17. The van der Waals surface area contributed by atoms with Crippen LogP contribution in [0.1, 0.15) is 485 Å². The normalized spacial score (nSPS) is 11.8. The summed E-state index contributed by atoms with van der Waals surface area (Å²) in [7, 11) is 0. The first kappa shape index (κ1) is 95.3. The van der Waals surface area contributed by atoms with Gasteiger partial charge in [0, 0.05) is 19.6 Å². The molecule has 9 heteroatoms. The van der Waals surface area contributed by atoms with Gasteiger partial charge in [0.15, 0.2) is 0 Å². The molecule has 9 nitrogen and oxygen atoms in total. The average molecular weight is 1390 g/mol. The maximum absolute atomic E-state index is 5.10. The van der Waals surface area contributed by atoms with Gasteiger partial charge in [0.1, 0.15) is 0 Å². The molecule has 0 atom stereocenters. The smallest absolute Gasteiger partial charge is 0.229 e. The number of nitrogens with one attached hydrogen (secondary N) is 3. The van der Waals surface area contributed by atoms with Gasteiger partial charge in [-0.1, -0.05) is 427 Å². The van der Waals surface area contributed by atoms with E-state index >= 15 is 0 Å². The number of anilines is 3. The molecule has 0 bridgehead atoms. The standard InChI is InChI=1S/C90H183N9/c1-7-13-19-25-31-37-43-49-55-61-67-79-97(80-68-62-56-50-44-38-32-26-20-14-8-2)85-73-76-91-88-94-89(92-77-74-86-98(81-69-63-57-51-45-39-33-27-21-15-9-3)82-70-64-58-52-46-40-34-28-22-16-10-4)96-90(95-88)93-78-75-87-99(83-71-65-59-53-47-41-35-29-23-17-11-5)84-72-66-60-54-48-42-36-30-24-18-12-6/h7-87H2,1-6H3,(H3,91,92,93,94,95,96). The molecule has 1 rings (SSSR count). The summed E-state index contributed by atoms with van der Waals surface area (Å²) in [5.41, 5.74) is 0. The molecule has 3 N–H and O–H groups in total. The minimum Gasteiger partial charge on any atom is -0.354 e. The van der Waals surface area contributed by atoms with Crippen LogP contribution in [0.3, 0.4) is 0 Å². The van der Waals surface area contributed by atoms with E-state index in [9.17, 15) is 0 Å². The van der Waals surface area contributed by atoms with E-state index in [1.54, 1.807) is 0 Å². The molecule has 99 heavy (non-hydrogen) atoms. The van der Waals surface area contributed by atoms with Crippen LogP contribution in [0.2, 0.25) is 0 Å². The Labute approximate surface area is 623 Å². The molecule has 0 saturated carbocycles. The van der Waals surface area contributed by atoms with Gasteiger partial charge in [-0.15, -0.1) is 0 Å². The minimum absolute atomic E-state index is 0.724. The summed E-state index contributed by atoms with van der Waals surface area (Å²) >= 11 is 0. The highest BCUT2D eigenvalue weighted by Gasteiger charge is 2.13. The van der Waals surface area contributed by atoms with Crippen LogP contribution in [0.15, 0.2) is 0 Å². The molecule has 0 amide bonds. The van der Waals surface area contributed by atoms with Crippen molar-refractivity contribution in [2.45, 2.75) is 485 Å². The summed E-state index contributed by atoms with van der Waals surface area (Å²) < 4.78 is 0. The molecule has 1 heterocycles. The van der Waals surface area contributed by atoms with Crippen LogP contribution < -0.4 is 16.0 Å². The summed E-state index contributed by atoms with van der Waals surface area (Å²) in [6.07, 6.45) is 96.3. The highest BCUT2D eigenvalue weighted by Crippen LogP contribution is 2.20. The number of aromatic nitrogens is 3. The Balaban J connectivity index is 3.13. The quantitative estimate of drug-likeness (QED) is 0.0552. The molecular weight excluding hydrogens is 1210 g/mol. The molecule has 1 aromatic rings. The Kier molecular flexibility index (Phi) is 78.9. The maximum Gasteiger partial charge on any atom is 0.229 e. The summed E-state index contributed by atoms with van der Waals surface area (Å²) in [6.45, 7) is 27.5. The summed E-state index contributed by atoms with van der Waals surface area (Å²) in [4.78, 5) is 23.7. The van der Waals surface area contributed by atoms with Crippen molar-refractivity contribution < 1.29 is 0 Å². The molecule has 0 spiro atoms. The van der Waals surface area contributed by atoms with E-state index < -0.39 is 0 Å². The number of nitrogens with zero attached hydrogens (tertiary/aromatic N) is 6. The first-order valence-electron chi connectivity index (χ1n) is 46.2. The Morgan fingerprint density at radius 2 is 0.263 bits per heavy atom. The largest absolute Gasteiger partial charge is 0.354 e. The first-order chi connectivity index (χ1) is 49.1. The predicted molar refractivity (Wildman–Crippen MR) is 447 cm³/mol. The highest BCUT2D eigenvalue weighted by atomic mass is 15.3. The van der Waals surface area contributed by atoms with Crippen LogP contribution in [-0.2, 0) is 0 Å². The van der Waals surface area contributed by atoms with Crippen molar-refractivity contribution in [1.82, 2.24) is 29.7 Å². The van der Waals surface area contributed by atoms with Crippen LogP contribution in [0.5, 0.6) is 0 Å². The second kappa shape index (κ2) is 82.0. The fourth-order valence-corrected chi connectivity index (χ4v) is 15.1. The predicted octanol–water partition coefficient (Wildman–Crippen LogP) is 29.0. The van der Waals surface area contributed by atoms with Gasteiger partial charge in [-0.25, -0.2) is 0 Å². The third-order valence-corrected chi connectivity index (χ3v) is 21.9. The van der Waals surface area contributed by atoms with Gasteiger partial charge in [0.05, 0.1) is 0 Å². The molecule has 0 aliphatic rings. The van der Waals surface area contributed by atoms with Gasteiger partial charge >= 0.3 is 0 Å². The summed E-state index contributed by atoms with van der Waals surface area (Å²) in [6, 6.07) is 0. The molecule has 0 fully saturated rings. The Bertz CT molecular complexity index is 1370. The zero-order valence-corrected chi connectivity index (χ0v) is 69.0. The zero-order valence-electron chi connectivity index (χ0n) is 69.0. The van der Waals surface area contributed by atoms with E-state index in [1.807, 2.05) is 0 Å². The third kappa shape index (κ3) is 71.7. The molecule has 588 valence electrons. The van der Waals surface area contributed by atoms with E-state index in [1.165, 1.54) is 463 Å². The Morgan fingerprint density at radius 3 is 0.394 bits per heavy atom. The number of rotatable bonds is 87. The van der Waals surface area contributed by atoms with Crippen molar-refractivity contribution in [3.63, 3.8) is 0 Å². The van der Waals surface area contributed by atoms with Crippen molar-refractivity contribution in [2.24, 2.45) is 0 Å². The van der Waals surface area contributed by atoms with Gasteiger partial charge in [-0.3, -0.25) is 0 Å². The van der Waals surface area contributed by atoms with Crippen molar-refractivity contribution in [2.75, 3.05) is 94.5 Å². The van der Waals surface area contributed by atoms with E-state index in [4.69, 9.17) is 15.0 Å². The lowest BCUT2D eigenvalue weighted by Gasteiger charge is -2.23. The van der Waals surface area contributed by atoms with Crippen LogP contribution in [0.25, 0.3) is 0 Å². The second-order valence-corrected chi connectivity index (χ2v) is 31.9. The van der Waals surface area contributed by atoms with Gasteiger partial charge in [0.2, 0.25) is 17.8 Å². The van der Waals surface area contributed by atoms with Crippen LogP contribution in [0, 0.1) is 0 Å². The fraction of sp³-hybridized carbons (Fsp3) is 0.967. The van der Waals surface area contributed by atoms with Crippen LogP contribution in [0.4, 0.5) is 17.8 Å². The van der Waals surface area contributed by atoms with Gasteiger partial charge in [-0.05, 0) is 117 Å². The monoisotopic (exact) mass is 1390 g/mol. The van der Waals surface area contributed by atoms with Gasteiger partial charge in [-0.2, -0.15) is 15.0 Å².